The number of benzene rings is 2. The zero-order chi connectivity index (χ0) is 28.5. The SMILES string of the molecule is C=O.CC/C=C(/NCCCCO)c1ccc(C(C)c2cc(C)ccc2F)nc1.Cc1ccc(C(C)O)cc1. The molecule has 3 rings (SSSR count). The maximum atomic E-state index is 14.2. The summed E-state index contributed by atoms with van der Waals surface area (Å²) >= 11 is 0. The number of nitrogens with one attached hydrogen (secondary N) is 1. The van der Waals surface area contributed by atoms with Crippen molar-refractivity contribution in [3.63, 3.8) is 0 Å². The summed E-state index contributed by atoms with van der Waals surface area (Å²) in [6.07, 6.45) is 6.28. The molecule has 0 aliphatic heterocycles. The van der Waals surface area contributed by atoms with Crippen molar-refractivity contribution in [2.45, 2.75) is 65.9 Å². The van der Waals surface area contributed by atoms with Crippen LogP contribution in [0.25, 0.3) is 5.70 Å². The van der Waals surface area contributed by atoms with Crippen molar-refractivity contribution in [3.8, 4) is 0 Å². The van der Waals surface area contributed by atoms with Crippen LogP contribution in [0.3, 0.4) is 0 Å². The Morgan fingerprint density at radius 3 is 2.24 bits per heavy atom. The summed E-state index contributed by atoms with van der Waals surface area (Å²) in [6, 6.07) is 17.1. The highest BCUT2D eigenvalue weighted by molar-refractivity contribution is 5.63. The van der Waals surface area contributed by atoms with Gasteiger partial charge in [0.05, 0.1) is 6.10 Å². The van der Waals surface area contributed by atoms with Gasteiger partial charge in [0.1, 0.15) is 12.6 Å². The number of halogens is 1. The van der Waals surface area contributed by atoms with Crippen molar-refractivity contribution in [3.05, 3.63) is 106 Å². The highest BCUT2D eigenvalue weighted by atomic mass is 19.1. The van der Waals surface area contributed by atoms with Gasteiger partial charge in [-0.2, -0.15) is 0 Å². The van der Waals surface area contributed by atoms with Crippen molar-refractivity contribution in [2.24, 2.45) is 0 Å². The van der Waals surface area contributed by atoms with Crippen molar-refractivity contribution in [1.82, 2.24) is 10.3 Å². The van der Waals surface area contributed by atoms with E-state index in [0.717, 1.165) is 53.9 Å². The first-order valence-corrected chi connectivity index (χ1v) is 13.1. The van der Waals surface area contributed by atoms with Crippen LogP contribution in [-0.4, -0.2) is 35.1 Å². The smallest absolute Gasteiger partial charge is 0.127 e. The van der Waals surface area contributed by atoms with Crippen LogP contribution >= 0.6 is 0 Å². The summed E-state index contributed by atoms with van der Waals surface area (Å²) in [7, 11) is 0. The van der Waals surface area contributed by atoms with E-state index in [1.807, 2.05) is 76.2 Å². The third-order valence-corrected chi connectivity index (χ3v) is 6.03. The molecule has 38 heavy (non-hydrogen) atoms. The minimum atomic E-state index is -0.347. The summed E-state index contributed by atoms with van der Waals surface area (Å²) in [5.41, 5.74) is 6.86. The average molecular weight is 523 g/mol. The van der Waals surface area contributed by atoms with Gasteiger partial charge in [-0.25, -0.2) is 4.39 Å². The molecule has 0 fully saturated rings. The van der Waals surface area contributed by atoms with E-state index >= 15 is 0 Å². The summed E-state index contributed by atoms with van der Waals surface area (Å²) in [4.78, 5) is 12.6. The van der Waals surface area contributed by atoms with E-state index in [1.165, 1.54) is 11.6 Å². The van der Waals surface area contributed by atoms with E-state index in [4.69, 9.17) is 15.0 Å². The third kappa shape index (κ3) is 11.0. The largest absolute Gasteiger partial charge is 0.396 e. The molecule has 5 nitrogen and oxygen atoms in total. The number of allylic oxidation sites excluding steroid dienone is 1. The Bertz CT molecular complexity index is 1100. The Morgan fingerprint density at radius 2 is 1.68 bits per heavy atom. The molecule has 0 amide bonds. The molecule has 0 saturated heterocycles. The number of rotatable bonds is 10. The van der Waals surface area contributed by atoms with Crippen LogP contribution in [0, 0.1) is 19.7 Å². The first kappa shape index (κ1) is 32.7. The van der Waals surface area contributed by atoms with E-state index in [9.17, 15) is 4.39 Å². The Hall–Kier alpha value is -3.35. The van der Waals surface area contributed by atoms with Crippen LogP contribution in [0.4, 0.5) is 4.39 Å². The second-order valence-corrected chi connectivity index (χ2v) is 9.19. The van der Waals surface area contributed by atoms with Crippen molar-refractivity contribution in [1.29, 1.82) is 0 Å². The van der Waals surface area contributed by atoms with Crippen molar-refractivity contribution >= 4 is 12.5 Å². The molecule has 0 radical (unpaired) electrons. The van der Waals surface area contributed by atoms with E-state index < -0.39 is 0 Å². The Morgan fingerprint density at radius 1 is 1.03 bits per heavy atom. The zero-order valence-corrected chi connectivity index (χ0v) is 23.4. The van der Waals surface area contributed by atoms with Gasteiger partial charge in [0.2, 0.25) is 0 Å². The van der Waals surface area contributed by atoms with Gasteiger partial charge in [0, 0.05) is 42.2 Å². The highest BCUT2D eigenvalue weighted by Crippen LogP contribution is 2.26. The number of hydrogen-bond donors (Lipinski definition) is 3. The molecule has 3 N–H and O–H groups in total. The number of aryl methyl sites for hydroxylation is 2. The Kier molecular flexibility index (Phi) is 15.5. The van der Waals surface area contributed by atoms with Crippen molar-refractivity contribution < 1.29 is 19.4 Å². The van der Waals surface area contributed by atoms with Gasteiger partial charge in [-0.15, -0.1) is 0 Å². The van der Waals surface area contributed by atoms with Crippen molar-refractivity contribution in [2.75, 3.05) is 13.2 Å². The fraction of sp³-hybridized carbons (Fsp3) is 0.375. The second kappa shape index (κ2) is 18.0. The lowest BCUT2D eigenvalue weighted by Crippen LogP contribution is -2.14. The number of pyridine rings is 1. The lowest BCUT2D eigenvalue weighted by molar-refractivity contribution is -0.0980. The summed E-state index contributed by atoms with van der Waals surface area (Å²) in [5, 5.41) is 21.4. The van der Waals surface area contributed by atoms with E-state index in [1.54, 1.807) is 13.0 Å². The molecule has 2 aromatic carbocycles. The fourth-order valence-corrected chi connectivity index (χ4v) is 3.78. The lowest BCUT2D eigenvalue weighted by Gasteiger charge is -2.15. The third-order valence-electron chi connectivity index (χ3n) is 6.03. The highest BCUT2D eigenvalue weighted by Gasteiger charge is 2.15. The molecule has 1 heterocycles. The van der Waals surface area contributed by atoms with Gasteiger partial charge in [-0.3, -0.25) is 4.98 Å². The average Bonchev–Trinajstić information content (AvgIpc) is 2.93. The molecular formula is C32H43FN2O3. The summed E-state index contributed by atoms with van der Waals surface area (Å²) in [5.74, 6) is -0.286. The summed E-state index contributed by atoms with van der Waals surface area (Å²) in [6.45, 7) is 12.9. The predicted octanol–water partition coefficient (Wildman–Crippen LogP) is 6.66. The van der Waals surface area contributed by atoms with Crippen LogP contribution in [0.2, 0.25) is 0 Å². The Labute approximate surface area is 227 Å². The minimum Gasteiger partial charge on any atom is -0.396 e. The molecule has 3 aromatic rings. The van der Waals surface area contributed by atoms with Gasteiger partial charge < -0.3 is 20.3 Å². The van der Waals surface area contributed by atoms with Gasteiger partial charge in [0.25, 0.3) is 0 Å². The normalized spacial score (nSPS) is 12.4. The van der Waals surface area contributed by atoms with Crippen LogP contribution < -0.4 is 5.32 Å². The number of aliphatic hydroxyl groups excluding tert-OH is 2. The fourth-order valence-electron chi connectivity index (χ4n) is 3.78. The van der Waals surface area contributed by atoms with Crippen LogP contribution in [0.1, 0.15) is 85.6 Å². The van der Waals surface area contributed by atoms with Gasteiger partial charge >= 0.3 is 0 Å². The molecule has 0 bridgehead atoms. The van der Waals surface area contributed by atoms with Gasteiger partial charge in [-0.1, -0.05) is 67.4 Å². The van der Waals surface area contributed by atoms with E-state index in [0.29, 0.717) is 5.56 Å². The molecule has 0 aliphatic rings. The Balaban J connectivity index is 0.000000501. The van der Waals surface area contributed by atoms with Gasteiger partial charge in [0.15, 0.2) is 0 Å². The maximum absolute atomic E-state index is 14.2. The standard InChI is InChI=1S/C22H29FN2O.C9H12O.CH2O/c1-4-7-22(24-12-5-6-13-26)18-9-11-21(25-15-18)17(3)19-14-16(2)8-10-20(19)23;1-7-3-5-9(6-4-7)8(2)10;1-2/h7-11,14-15,17,24,26H,4-6,12-13H2,1-3H3;3-6,8,10H,1-2H3;1H2/b22-7+;;. The second-order valence-electron chi connectivity index (χ2n) is 9.19. The molecular weight excluding hydrogens is 479 g/mol. The van der Waals surface area contributed by atoms with Crippen LogP contribution in [0.5, 0.6) is 0 Å². The molecule has 2 unspecified atom stereocenters. The van der Waals surface area contributed by atoms with Gasteiger partial charge in [-0.05, 0) is 69.4 Å². The number of carbonyl (C=O) groups excluding carboxylic acids is 1. The number of aromatic nitrogens is 1. The number of nitrogens with zero attached hydrogens (tertiary/aromatic N) is 1. The van der Waals surface area contributed by atoms with E-state index in [-0.39, 0.29) is 24.4 Å². The molecule has 6 heteroatoms. The number of unbranched alkanes of at least 4 members (excludes halogenated alkanes) is 1. The lowest BCUT2D eigenvalue weighted by atomic mass is 9.95. The van der Waals surface area contributed by atoms with Crippen LogP contribution in [0.15, 0.2) is 66.9 Å². The maximum Gasteiger partial charge on any atom is 0.127 e. The van der Waals surface area contributed by atoms with E-state index in [2.05, 4.69) is 23.3 Å². The molecule has 0 spiro atoms. The first-order valence-electron chi connectivity index (χ1n) is 13.1. The first-order chi connectivity index (χ1) is 18.3. The molecule has 0 saturated carbocycles. The molecule has 1 aromatic heterocycles. The zero-order valence-electron chi connectivity index (χ0n) is 23.4. The summed E-state index contributed by atoms with van der Waals surface area (Å²) < 4.78 is 14.2. The topological polar surface area (TPSA) is 82.5 Å². The minimum absolute atomic E-state index is 0.0972. The number of aliphatic hydroxyl groups is 2. The molecule has 0 aliphatic carbocycles. The monoisotopic (exact) mass is 522 g/mol. The predicted molar refractivity (Wildman–Crippen MR) is 154 cm³/mol. The number of hydrogen-bond acceptors (Lipinski definition) is 5. The quantitative estimate of drug-likeness (QED) is 0.260. The molecule has 206 valence electrons. The van der Waals surface area contributed by atoms with Crippen LogP contribution in [-0.2, 0) is 4.79 Å². The number of carbonyl (C=O) groups is 1. The molecule has 2 atom stereocenters.